The van der Waals surface area contributed by atoms with Gasteiger partial charge in [0.2, 0.25) is 41.4 Å². The Balaban J connectivity index is 6.05. The van der Waals surface area contributed by atoms with Gasteiger partial charge in [-0.2, -0.15) is 11.8 Å². The van der Waals surface area contributed by atoms with Crippen molar-refractivity contribution >= 4 is 59.1 Å². The maximum Gasteiger partial charge on any atom is 0.245 e. The van der Waals surface area contributed by atoms with Crippen LogP contribution in [0.25, 0.3) is 0 Å². The lowest BCUT2D eigenvalue weighted by Gasteiger charge is -2.28. The van der Waals surface area contributed by atoms with E-state index in [0.29, 0.717) is 50.8 Å². The smallest absolute Gasteiger partial charge is 0.245 e. The van der Waals surface area contributed by atoms with E-state index in [0.717, 1.165) is 0 Å². The first-order valence-electron chi connectivity index (χ1n) is 20.2. The molecule has 0 bridgehead atoms. The summed E-state index contributed by atoms with van der Waals surface area (Å²) < 4.78 is 0. The number of nitrogens with one attached hydrogen (secondary N) is 6. The van der Waals surface area contributed by atoms with Gasteiger partial charge in [-0.05, 0) is 89.7 Å². The van der Waals surface area contributed by atoms with Crippen LogP contribution in [0.3, 0.4) is 0 Å². The maximum atomic E-state index is 13.8. The molecular formula is C37H73N13O8S. The summed E-state index contributed by atoms with van der Waals surface area (Å²) in [6.07, 6.45) is 4.47. The van der Waals surface area contributed by atoms with Gasteiger partial charge in [0.05, 0.1) is 12.1 Å². The van der Waals surface area contributed by atoms with E-state index in [1.165, 1.54) is 13.8 Å². The van der Waals surface area contributed by atoms with Crippen LogP contribution in [-0.4, -0.2) is 132 Å². The summed E-state index contributed by atoms with van der Waals surface area (Å²) in [5, 5.41) is 26.7. The summed E-state index contributed by atoms with van der Waals surface area (Å²) in [5.74, 6) is -4.14. The van der Waals surface area contributed by atoms with Crippen molar-refractivity contribution in [1.29, 1.82) is 0 Å². The number of nitrogens with zero attached hydrogens (tertiary/aromatic N) is 1. The molecule has 0 saturated carbocycles. The van der Waals surface area contributed by atoms with E-state index < -0.39 is 89.7 Å². The molecule has 0 spiro atoms. The molecule has 0 aromatic carbocycles. The number of carbonyl (C=O) groups excluding carboxylic acids is 7. The third-order valence-corrected chi connectivity index (χ3v) is 9.83. The highest BCUT2D eigenvalue weighted by molar-refractivity contribution is 7.98. The summed E-state index contributed by atoms with van der Waals surface area (Å²) in [6.45, 7) is 7.22. The number of primary amides is 2. The Morgan fingerprint density at radius 3 is 1.75 bits per heavy atom. The number of aliphatic hydroxyl groups is 1. The number of aliphatic hydroxyl groups excluding tert-OH is 1. The normalized spacial score (nSPS) is 15.3. The number of thioether (sulfide) groups is 1. The van der Waals surface area contributed by atoms with Crippen molar-refractivity contribution in [3.05, 3.63) is 0 Å². The molecule has 0 aromatic heterocycles. The molecule has 0 fully saturated rings. The first-order chi connectivity index (χ1) is 27.7. The standard InChI is InChI=1S/C37H73N13O8S/c1-21(2)19-28(31(41)53)49-35(57)27(13-10-18-59-5)47-34(56)26(11-7-6-8-16-38)48-36(58)30(23(4)51)50-32(54)22(3)46-33(55)25(12-9-17-44-37(42)43)45-20-24(39)14-15-29(40)52/h21-28,30,45,51H,6-20,38-39H2,1-5H3,(H2,40,52)(H2,41,53)(H,46,55)(H,47,56)(H,48,58)(H,49,57)(H,50,54)(H4,42,43,44)/t22-,23-,24+,25+,26?,27-,28+,30+/m1/s1. The minimum atomic E-state index is -1.55. The summed E-state index contributed by atoms with van der Waals surface area (Å²) in [5.41, 5.74) is 33.3. The van der Waals surface area contributed by atoms with Crippen LogP contribution in [0.4, 0.5) is 0 Å². The molecule has 21 nitrogen and oxygen atoms in total. The van der Waals surface area contributed by atoms with Crippen molar-refractivity contribution in [2.45, 2.75) is 147 Å². The molecular weight excluding hydrogens is 787 g/mol. The molecule has 0 heterocycles. The van der Waals surface area contributed by atoms with Crippen LogP contribution in [0, 0.1) is 5.92 Å². The Morgan fingerprint density at radius 1 is 0.661 bits per heavy atom. The number of aliphatic imine (C=N–C) groups is 1. The van der Waals surface area contributed by atoms with Crippen molar-refractivity contribution in [2.75, 3.05) is 31.6 Å². The number of guanidine groups is 1. The van der Waals surface area contributed by atoms with E-state index in [9.17, 15) is 38.7 Å². The van der Waals surface area contributed by atoms with E-state index in [-0.39, 0.29) is 57.1 Å². The van der Waals surface area contributed by atoms with Gasteiger partial charge in [0.1, 0.15) is 30.2 Å². The van der Waals surface area contributed by atoms with Gasteiger partial charge in [0, 0.05) is 25.6 Å². The van der Waals surface area contributed by atoms with Crippen LogP contribution in [-0.2, 0) is 33.6 Å². The van der Waals surface area contributed by atoms with Crippen LogP contribution >= 0.6 is 11.8 Å². The highest BCUT2D eigenvalue weighted by Gasteiger charge is 2.34. The summed E-state index contributed by atoms with van der Waals surface area (Å²) in [4.78, 5) is 94.8. The highest BCUT2D eigenvalue weighted by atomic mass is 32.2. The fourth-order valence-electron chi connectivity index (χ4n) is 5.78. The average Bonchev–Trinajstić information content (AvgIpc) is 3.15. The van der Waals surface area contributed by atoms with Crippen molar-refractivity contribution in [3.8, 4) is 0 Å². The predicted molar refractivity (Wildman–Crippen MR) is 229 cm³/mol. The molecule has 0 rings (SSSR count). The molecule has 0 saturated heterocycles. The molecule has 19 N–H and O–H groups in total. The molecule has 0 aliphatic rings. The quantitative estimate of drug-likeness (QED) is 0.0174. The Hall–Kier alpha value is -4.25. The van der Waals surface area contributed by atoms with E-state index in [1.807, 2.05) is 20.1 Å². The Bertz CT molecular complexity index is 1350. The van der Waals surface area contributed by atoms with Gasteiger partial charge < -0.3 is 71.4 Å². The number of hydrogen-bond donors (Lipinski definition) is 13. The second kappa shape index (κ2) is 30.7. The van der Waals surface area contributed by atoms with Crippen molar-refractivity contribution < 1.29 is 38.7 Å². The molecule has 0 aromatic rings. The Morgan fingerprint density at radius 2 is 1.22 bits per heavy atom. The second-order valence-corrected chi connectivity index (χ2v) is 16.1. The topological polar surface area (TPSA) is 380 Å². The molecule has 1 unspecified atom stereocenters. The monoisotopic (exact) mass is 860 g/mol. The molecule has 8 atom stereocenters. The average molecular weight is 860 g/mol. The summed E-state index contributed by atoms with van der Waals surface area (Å²) in [6, 6.07) is -7.29. The fraction of sp³-hybridized carbons (Fsp3) is 0.784. The van der Waals surface area contributed by atoms with Crippen LogP contribution in [0.1, 0.15) is 98.3 Å². The lowest BCUT2D eigenvalue weighted by atomic mass is 10.0. The molecule has 0 radical (unpaired) electrons. The van der Waals surface area contributed by atoms with Gasteiger partial charge in [0.15, 0.2) is 5.96 Å². The SMILES string of the molecule is CSCCC[C@@H](NC(=O)C(CCCCCN)NC(=O)[C@@H](NC(=O)[C@@H](C)NC(=O)[C@H](CCCN=C(N)N)NC[C@@H](N)CCC(N)=O)[C@@H](C)O)C(=O)N[C@@H](CC(C)C)C(N)=O. The minimum absolute atomic E-state index is 0.0462. The van der Waals surface area contributed by atoms with E-state index in [2.05, 4.69) is 36.9 Å². The lowest BCUT2D eigenvalue weighted by molar-refractivity contribution is -0.136. The number of amides is 7. The number of hydrogen-bond acceptors (Lipinski definition) is 13. The zero-order chi connectivity index (χ0) is 45.1. The maximum absolute atomic E-state index is 13.8. The van der Waals surface area contributed by atoms with Crippen LogP contribution in [0.5, 0.6) is 0 Å². The van der Waals surface area contributed by atoms with Crippen LogP contribution in [0.2, 0.25) is 0 Å². The first-order valence-corrected chi connectivity index (χ1v) is 21.6. The molecule has 0 aliphatic carbocycles. The van der Waals surface area contributed by atoms with E-state index in [1.54, 1.807) is 11.8 Å². The predicted octanol–water partition coefficient (Wildman–Crippen LogP) is -3.39. The fourth-order valence-corrected chi connectivity index (χ4v) is 6.23. The van der Waals surface area contributed by atoms with Crippen molar-refractivity contribution in [3.63, 3.8) is 0 Å². The third kappa shape index (κ3) is 25.1. The molecule has 7 amide bonds. The largest absolute Gasteiger partial charge is 0.391 e. The second-order valence-electron chi connectivity index (χ2n) is 15.1. The zero-order valence-corrected chi connectivity index (χ0v) is 36.2. The number of nitrogens with two attached hydrogens (primary N) is 6. The van der Waals surface area contributed by atoms with Crippen molar-refractivity contribution in [2.24, 2.45) is 45.3 Å². The zero-order valence-electron chi connectivity index (χ0n) is 35.4. The Kier molecular flexibility index (Phi) is 28.5. The van der Waals surface area contributed by atoms with Crippen LogP contribution < -0.4 is 66.3 Å². The molecule has 340 valence electrons. The van der Waals surface area contributed by atoms with Gasteiger partial charge in [-0.15, -0.1) is 0 Å². The van der Waals surface area contributed by atoms with E-state index >= 15 is 0 Å². The number of unbranched alkanes of at least 4 members (excludes halogenated alkanes) is 2. The number of rotatable bonds is 33. The lowest BCUT2D eigenvalue weighted by Crippen LogP contribution is -2.61. The summed E-state index contributed by atoms with van der Waals surface area (Å²) >= 11 is 1.56. The van der Waals surface area contributed by atoms with Gasteiger partial charge in [-0.1, -0.05) is 26.7 Å². The van der Waals surface area contributed by atoms with E-state index in [4.69, 9.17) is 34.4 Å². The van der Waals surface area contributed by atoms with Gasteiger partial charge in [0.25, 0.3) is 0 Å². The van der Waals surface area contributed by atoms with Gasteiger partial charge in [-0.3, -0.25) is 38.6 Å². The molecule has 22 heteroatoms. The van der Waals surface area contributed by atoms with Crippen LogP contribution in [0.15, 0.2) is 4.99 Å². The minimum Gasteiger partial charge on any atom is -0.391 e. The van der Waals surface area contributed by atoms with Crippen molar-refractivity contribution in [1.82, 2.24) is 31.9 Å². The third-order valence-electron chi connectivity index (χ3n) is 9.14. The summed E-state index contributed by atoms with van der Waals surface area (Å²) in [7, 11) is 0. The Labute approximate surface area is 352 Å². The van der Waals surface area contributed by atoms with Gasteiger partial charge >= 0.3 is 0 Å². The highest BCUT2D eigenvalue weighted by Crippen LogP contribution is 2.11. The molecule has 0 aliphatic heterocycles. The molecule has 59 heavy (non-hydrogen) atoms. The first kappa shape index (κ1) is 54.8. The number of carbonyl (C=O) groups is 7. The van der Waals surface area contributed by atoms with Gasteiger partial charge in [-0.25, -0.2) is 0 Å².